The van der Waals surface area contributed by atoms with Gasteiger partial charge in [-0.25, -0.2) is 0 Å². The second-order valence-electron chi connectivity index (χ2n) is 4.17. The van der Waals surface area contributed by atoms with Crippen molar-refractivity contribution in [2.75, 3.05) is 32.6 Å². The lowest BCUT2D eigenvalue weighted by atomic mass is 10.3. The van der Waals surface area contributed by atoms with Gasteiger partial charge in [-0.05, 0) is 25.1 Å². The van der Waals surface area contributed by atoms with Gasteiger partial charge in [-0.1, -0.05) is 18.2 Å². The number of rotatable bonds is 8. The highest BCUT2D eigenvalue weighted by Gasteiger charge is 1.99. The van der Waals surface area contributed by atoms with E-state index in [0.717, 1.165) is 25.4 Å². The van der Waals surface area contributed by atoms with E-state index in [4.69, 9.17) is 4.74 Å². The molecule has 1 aromatic heterocycles. The highest BCUT2D eigenvalue weighted by molar-refractivity contribution is 7.99. The molecule has 0 spiro atoms. The molecule has 0 aliphatic heterocycles. The lowest BCUT2D eigenvalue weighted by Gasteiger charge is -2.02. The Labute approximate surface area is 112 Å². The van der Waals surface area contributed by atoms with E-state index >= 15 is 0 Å². The topological polar surface area (TPSA) is 37.0 Å². The molecule has 0 amide bonds. The van der Waals surface area contributed by atoms with Gasteiger partial charge in [-0.2, -0.15) is 0 Å². The molecular weight excluding hydrogens is 244 g/mol. The average Bonchev–Trinajstić information content (AvgIpc) is 2.80. The highest BCUT2D eigenvalue weighted by Crippen LogP contribution is 2.23. The molecule has 1 heterocycles. The third-order valence-corrected chi connectivity index (χ3v) is 3.77. The van der Waals surface area contributed by atoms with E-state index in [1.54, 1.807) is 7.11 Å². The molecule has 0 radical (unpaired) electrons. The van der Waals surface area contributed by atoms with E-state index in [2.05, 4.69) is 40.6 Å². The monoisotopic (exact) mass is 264 g/mol. The van der Waals surface area contributed by atoms with Crippen LogP contribution in [0.5, 0.6) is 0 Å². The van der Waals surface area contributed by atoms with Crippen LogP contribution in [0.3, 0.4) is 0 Å². The van der Waals surface area contributed by atoms with Crippen LogP contribution in [-0.2, 0) is 4.74 Å². The first-order valence-electron chi connectivity index (χ1n) is 6.30. The van der Waals surface area contributed by atoms with E-state index in [9.17, 15) is 0 Å². The fraction of sp³-hybridized carbons (Fsp3) is 0.429. The number of hydrogen-bond donors (Lipinski definition) is 2. The number of benzene rings is 1. The molecule has 2 rings (SSSR count). The molecule has 0 fully saturated rings. The maximum atomic E-state index is 4.98. The highest BCUT2D eigenvalue weighted by atomic mass is 32.2. The molecule has 0 unspecified atom stereocenters. The largest absolute Gasteiger partial charge is 0.383 e. The molecule has 0 aliphatic carbocycles. The minimum atomic E-state index is 0.787. The smallest absolute Gasteiger partial charge is 0.0732 e. The Morgan fingerprint density at radius 2 is 2.17 bits per heavy atom. The molecule has 4 heteroatoms. The third kappa shape index (κ3) is 4.05. The van der Waals surface area contributed by atoms with E-state index in [1.165, 1.54) is 22.3 Å². The SMILES string of the molecule is COCCNCCCSc1cc2ccccc2[nH]1. The van der Waals surface area contributed by atoms with Crippen molar-refractivity contribution < 1.29 is 4.74 Å². The molecule has 2 N–H and O–H groups in total. The number of fused-ring (bicyclic) bond motifs is 1. The Kier molecular flexibility index (Phi) is 5.58. The second kappa shape index (κ2) is 7.46. The number of aromatic amines is 1. The zero-order valence-corrected chi connectivity index (χ0v) is 11.6. The zero-order chi connectivity index (χ0) is 12.6. The van der Waals surface area contributed by atoms with Gasteiger partial charge in [0.1, 0.15) is 0 Å². The van der Waals surface area contributed by atoms with Gasteiger partial charge in [-0.15, -0.1) is 11.8 Å². The second-order valence-corrected chi connectivity index (χ2v) is 5.30. The lowest BCUT2D eigenvalue weighted by Crippen LogP contribution is -2.20. The summed E-state index contributed by atoms with van der Waals surface area (Å²) in [7, 11) is 1.73. The van der Waals surface area contributed by atoms with Crippen molar-refractivity contribution in [2.45, 2.75) is 11.4 Å². The van der Waals surface area contributed by atoms with Crippen LogP contribution in [0.1, 0.15) is 6.42 Å². The Hall–Kier alpha value is -0.970. The number of thioether (sulfide) groups is 1. The van der Waals surface area contributed by atoms with Crippen molar-refractivity contribution in [1.29, 1.82) is 0 Å². The van der Waals surface area contributed by atoms with Gasteiger partial charge in [0.05, 0.1) is 11.6 Å². The molecule has 0 aliphatic rings. The summed E-state index contributed by atoms with van der Waals surface area (Å²) in [5.41, 5.74) is 1.22. The lowest BCUT2D eigenvalue weighted by molar-refractivity contribution is 0.199. The number of para-hydroxylation sites is 1. The van der Waals surface area contributed by atoms with Crippen molar-refractivity contribution in [1.82, 2.24) is 10.3 Å². The number of H-pyrrole nitrogens is 1. The quantitative estimate of drug-likeness (QED) is 0.568. The summed E-state index contributed by atoms with van der Waals surface area (Å²) in [4.78, 5) is 3.43. The van der Waals surface area contributed by atoms with Crippen molar-refractivity contribution >= 4 is 22.7 Å². The summed E-state index contributed by atoms with van der Waals surface area (Å²) in [5.74, 6) is 1.13. The predicted molar refractivity (Wildman–Crippen MR) is 78.4 cm³/mol. The minimum absolute atomic E-state index is 0.787. The van der Waals surface area contributed by atoms with Gasteiger partial charge >= 0.3 is 0 Å². The first kappa shape index (κ1) is 13.5. The summed E-state index contributed by atoms with van der Waals surface area (Å²) < 4.78 is 4.98. The normalized spacial score (nSPS) is 11.2. The van der Waals surface area contributed by atoms with Gasteiger partial charge in [0.2, 0.25) is 0 Å². The standard InChI is InChI=1S/C14H20N2OS/c1-17-9-8-15-7-4-10-18-14-11-12-5-2-3-6-13(12)16-14/h2-3,5-6,11,15-16H,4,7-10H2,1H3. The van der Waals surface area contributed by atoms with Crippen molar-refractivity contribution in [3.63, 3.8) is 0 Å². The van der Waals surface area contributed by atoms with Gasteiger partial charge in [0.25, 0.3) is 0 Å². The van der Waals surface area contributed by atoms with Crippen LogP contribution in [-0.4, -0.2) is 37.5 Å². The Balaban J connectivity index is 1.67. The molecule has 3 nitrogen and oxygen atoms in total. The average molecular weight is 264 g/mol. The number of aromatic nitrogens is 1. The first-order valence-corrected chi connectivity index (χ1v) is 7.29. The summed E-state index contributed by atoms with van der Waals surface area (Å²) in [6, 6.07) is 10.6. The van der Waals surface area contributed by atoms with Gasteiger partial charge in [-0.3, -0.25) is 0 Å². The van der Waals surface area contributed by atoms with Gasteiger partial charge in [0, 0.05) is 30.3 Å². The summed E-state index contributed by atoms with van der Waals surface area (Å²) in [6.45, 7) is 2.78. The molecule has 98 valence electrons. The Morgan fingerprint density at radius 3 is 3.00 bits per heavy atom. The first-order chi connectivity index (χ1) is 8.90. The van der Waals surface area contributed by atoms with Crippen molar-refractivity contribution in [2.24, 2.45) is 0 Å². The maximum absolute atomic E-state index is 4.98. The van der Waals surface area contributed by atoms with Crippen molar-refractivity contribution in [3.05, 3.63) is 30.3 Å². The number of hydrogen-bond acceptors (Lipinski definition) is 3. The molecular formula is C14H20N2OS. The van der Waals surface area contributed by atoms with Crippen LogP contribution in [0.4, 0.5) is 0 Å². The number of nitrogens with one attached hydrogen (secondary N) is 2. The molecule has 2 aromatic rings. The third-order valence-electron chi connectivity index (χ3n) is 2.74. The van der Waals surface area contributed by atoms with Gasteiger partial charge < -0.3 is 15.0 Å². The van der Waals surface area contributed by atoms with Crippen LogP contribution < -0.4 is 5.32 Å². The number of ether oxygens (including phenoxy) is 1. The Bertz CT molecular complexity index is 437. The van der Waals surface area contributed by atoms with Crippen LogP contribution in [0.15, 0.2) is 35.4 Å². The van der Waals surface area contributed by atoms with Crippen LogP contribution in [0.25, 0.3) is 10.9 Å². The number of methoxy groups -OCH3 is 1. The molecule has 0 saturated heterocycles. The van der Waals surface area contributed by atoms with E-state index < -0.39 is 0 Å². The molecule has 0 bridgehead atoms. The summed E-state index contributed by atoms with van der Waals surface area (Å²) in [5, 5.41) is 5.90. The van der Waals surface area contributed by atoms with E-state index in [0.29, 0.717) is 0 Å². The minimum Gasteiger partial charge on any atom is -0.383 e. The zero-order valence-electron chi connectivity index (χ0n) is 10.7. The molecule has 1 aromatic carbocycles. The van der Waals surface area contributed by atoms with Crippen LogP contribution >= 0.6 is 11.8 Å². The molecule has 0 atom stereocenters. The van der Waals surface area contributed by atoms with Crippen LogP contribution in [0, 0.1) is 0 Å². The summed E-state index contributed by atoms with van der Waals surface area (Å²) >= 11 is 1.88. The van der Waals surface area contributed by atoms with Crippen molar-refractivity contribution in [3.8, 4) is 0 Å². The molecule has 0 saturated carbocycles. The van der Waals surface area contributed by atoms with Gasteiger partial charge in [0.15, 0.2) is 0 Å². The fourth-order valence-electron chi connectivity index (χ4n) is 1.80. The van der Waals surface area contributed by atoms with Crippen LogP contribution in [0.2, 0.25) is 0 Å². The van der Waals surface area contributed by atoms with E-state index in [-0.39, 0.29) is 0 Å². The maximum Gasteiger partial charge on any atom is 0.0732 e. The van der Waals surface area contributed by atoms with E-state index in [1.807, 2.05) is 11.8 Å². The molecule has 18 heavy (non-hydrogen) atoms. The predicted octanol–water partition coefficient (Wildman–Crippen LogP) is 2.89. The fourth-order valence-corrected chi connectivity index (χ4v) is 2.70. The Morgan fingerprint density at radius 1 is 1.28 bits per heavy atom. The summed E-state index contributed by atoms with van der Waals surface area (Å²) in [6.07, 6.45) is 1.17.